The van der Waals surface area contributed by atoms with Gasteiger partial charge in [0, 0.05) is 34.9 Å². The van der Waals surface area contributed by atoms with Crippen molar-refractivity contribution in [1.29, 1.82) is 0 Å². The van der Waals surface area contributed by atoms with Gasteiger partial charge in [-0.3, -0.25) is 10.1 Å². The summed E-state index contributed by atoms with van der Waals surface area (Å²) in [6, 6.07) is 4.41. The lowest BCUT2D eigenvalue weighted by molar-refractivity contribution is -0.139. The zero-order chi connectivity index (χ0) is 14.5. The lowest BCUT2D eigenvalue weighted by Gasteiger charge is -2.14. The standard InChI is InChI=1S/C13H13Cl2N3O2/c14-9-1-8(2-10(15)3-9)5-17-12(13(19)20)4-11-6-16-7-18-11/h1-3,6-7,12,17H,4-5H2,(H,16,18)(H,19,20). The van der Waals surface area contributed by atoms with E-state index in [0.717, 1.165) is 11.3 Å². The molecule has 0 radical (unpaired) electrons. The van der Waals surface area contributed by atoms with E-state index in [9.17, 15) is 9.90 Å². The molecule has 1 atom stereocenters. The summed E-state index contributed by atoms with van der Waals surface area (Å²) < 4.78 is 0. The Balaban J connectivity index is 2.00. The monoisotopic (exact) mass is 313 g/mol. The van der Waals surface area contributed by atoms with Gasteiger partial charge < -0.3 is 10.1 Å². The summed E-state index contributed by atoms with van der Waals surface area (Å²) in [4.78, 5) is 18.0. The second kappa shape index (κ2) is 6.74. The number of aromatic amines is 1. The van der Waals surface area contributed by atoms with E-state index in [0.29, 0.717) is 23.0 Å². The van der Waals surface area contributed by atoms with Crippen molar-refractivity contribution in [2.24, 2.45) is 0 Å². The number of imidazole rings is 1. The molecule has 0 aliphatic rings. The molecule has 20 heavy (non-hydrogen) atoms. The fourth-order valence-electron chi connectivity index (χ4n) is 1.82. The van der Waals surface area contributed by atoms with E-state index in [4.69, 9.17) is 23.2 Å². The maximum atomic E-state index is 11.2. The lowest BCUT2D eigenvalue weighted by Crippen LogP contribution is -2.38. The Bertz CT molecular complexity index is 567. The normalized spacial score (nSPS) is 12.3. The first-order chi connectivity index (χ1) is 9.54. The zero-order valence-corrected chi connectivity index (χ0v) is 11.9. The number of H-pyrrole nitrogens is 1. The van der Waals surface area contributed by atoms with Crippen LogP contribution in [-0.4, -0.2) is 27.1 Å². The highest BCUT2D eigenvalue weighted by Gasteiger charge is 2.18. The summed E-state index contributed by atoms with van der Waals surface area (Å²) in [5.41, 5.74) is 1.59. The van der Waals surface area contributed by atoms with Crippen molar-refractivity contribution in [2.75, 3.05) is 0 Å². The van der Waals surface area contributed by atoms with E-state index >= 15 is 0 Å². The van der Waals surface area contributed by atoms with Gasteiger partial charge >= 0.3 is 5.97 Å². The highest BCUT2D eigenvalue weighted by atomic mass is 35.5. The van der Waals surface area contributed by atoms with Gasteiger partial charge in [-0.2, -0.15) is 0 Å². The fourth-order valence-corrected chi connectivity index (χ4v) is 2.39. The second-order valence-electron chi connectivity index (χ2n) is 4.33. The van der Waals surface area contributed by atoms with Crippen LogP contribution in [0, 0.1) is 0 Å². The average Bonchev–Trinajstić information content (AvgIpc) is 2.85. The van der Waals surface area contributed by atoms with E-state index in [2.05, 4.69) is 15.3 Å². The Kier molecular flexibility index (Phi) is 5.00. The Morgan fingerprint density at radius 1 is 1.35 bits per heavy atom. The largest absolute Gasteiger partial charge is 0.480 e. The second-order valence-corrected chi connectivity index (χ2v) is 5.20. The number of aliphatic carboxylic acids is 1. The van der Waals surface area contributed by atoms with Gasteiger partial charge in [-0.05, 0) is 23.8 Å². The minimum atomic E-state index is -0.923. The predicted octanol–water partition coefficient (Wildman–Crippen LogP) is 2.50. The predicted molar refractivity (Wildman–Crippen MR) is 77.0 cm³/mol. The molecule has 2 aromatic rings. The zero-order valence-electron chi connectivity index (χ0n) is 10.4. The third-order valence-electron chi connectivity index (χ3n) is 2.75. The van der Waals surface area contributed by atoms with Crippen molar-refractivity contribution in [3.8, 4) is 0 Å². The van der Waals surface area contributed by atoms with Gasteiger partial charge in [-0.1, -0.05) is 23.2 Å². The molecule has 7 heteroatoms. The van der Waals surface area contributed by atoms with Crippen LogP contribution in [0.15, 0.2) is 30.7 Å². The number of carboxylic acid groups (broad SMARTS) is 1. The van der Waals surface area contributed by atoms with E-state index in [1.54, 1.807) is 24.4 Å². The summed E-state index contributed by atoms with van der Waals surface area (Å²) >= 11 is 11.8. The molecule has 106 valence electrons. The average molecular weight is 314 g/mol. The highest BCUT2D eigenvalue weighted by Crippen LogP contribution is 2.19. The fraction of sp³-hybridized carbons (Fsp3) is 0.231. The summed E-state index contributed by atoms with van der Waals surface area (Å²) in [5, 5.41) is 13.2. The molecule has 1 heterocycles. The summed E-state index contributed by atoms with van der Waals surface area (Å²) in [7, 11) is 0. The number of nitrogens with zero attached hydrogens (tertiary/aromatic N) is 1. The maximum Gasteiger partial charge on any atom is 0.321 e. The highest BCUT2D eigenvalue weighted by molar-refractivity contribution is 6.34. The smallest absolute Gasteiger partial charge is 0.321 e. The van der Waals surface area contributed by atoms with Gasteiger partial charge in [0.15, 0.2) is 0 Å². The number of halogens is 2. The molecular weight excluding hydrogens is 301 g/mol. The number of hydrogen-bond acceptors (Lipinski definition) is 3. The molecule has 0 aliphatic carbocycles. The first-order valence-corrected chi connectivity index (χ1v) is 6.68. The lowest BCUT2D eigenvalue weighted by atomic mass is 10.1. The van der Waals surface area contributed by atoms with Crippen molar-refractivity contribution in [2.45, 2.75) is 19.0 Å². The number of carboxylic acids is 1. The molecule has 0 saturated carbocycles. The molecule has 0 amide bonds. The molecule has 3 N–H and O–H groups in total. The van der Waals surface area contributed by atoms with Crippen LogP contribution < -0.4 is 5.32 Å². The minimum absolute atomic E-state index is 0.323. The number of carbonyl (C=O) groups is 1. The molecule has 0 fully saturated rings. The topological polar surface area (TPSA) is 78.0 Å². The number of benzene rings is 1. The Morgan fingerprint density at radius 2 is 2.05 bits per heavy atom. The van der Waals surface area contributed by atoms with Gasteiger partial charge in [0.05, 0.1) is 6.33 Å². The van der Waals surface area contributed by atoms with Crippen molar-refractivity contribution in [3.63, 3.8) is 0 Å². The van der Waals surface area contributed by atoms with Crippen molar-refractivity contribution < 1.29 is 9.90 Å². The van der Waals surface area contributed by atoms with E-state index in [1.165, 1.54) is 6.33 Å². The molecule has 1 aromatic heterocycles. The number of rotatable bonds is 6. The van der Waals surface area contributed by atoms with Crippen LogP contribution in [0.4, 0.5) is 0 Å². The molecule has 0 saturated heterocycles. The summed E-state index contributed by atoms with van der Waals surface area (Å²) in [5.74, 6) is -0.923. The van der Waals surface area contributed by atoms with Crippen molar-refractivity contribution in [1.82, 2.24) is 15.3 Å². The Labute approximate surface area is 125 Å². The third-order valence-corrected chi connectivity index (χ3v) is 3.19. The van der Waals surface area contributed by atoms with Gasteiger partial charge in [0.1, 0.15) is 6.04 Å². The number of hydrogen-bond donors (Lipinski definition) is 3. The van der Waals surface area contributed by atoms with E-state index in [-0.39, 0.29) is 0 Å². The SMILES string of the molecule is O=C(O)C(Cc1cnc[nH]1)NCc1cc(Cl)cc(Cl)c1. The van der Waals surface area contributed by atoms with Crippen LogP contribution in [-0.2, 0) is 17.8 Å². The quantitative estimate of drug-likeness (QED) is 0.765. The molecule has 0 aliphatic heterocycles. The maximum absolute atomic E-state index is 11.2. The van der Waals surface area contributed by atoms with Gasteiger partial charge in [-0.15, -0.1) is 0 Å². The third kappa shape index (κ3) is 4.23. The van der Waals surface area contributed by atoms with Crippen LogP contribution in [0.1, 0.15) is 11.3 Å². The molecule has 0 bridgehead atoms. The van der Waals surface area contributed by atoms with Crippen LogP contribution >= 0.6 is 23.2 Å². The van der Waals surface area contributed by atoms with Crippen LogP contribution in [0.5, 0.6) is 0 Å². The van der Waals surface area contributed by atoms with Gasteiger partial charge in [0.25, 0.3) is 0 Å². The number of nitrogens with one attached hydrogen (secondary N) is 2. The molecule has 0 spiro atoms. The number of aromatic nitrogens is 2. The Hall–Kier alpha value is -1.56. The summed E-state index contributed by atoms with van der Waals surface area (Å²) in [6.07, 6.45) is 3.45. The van der Waals surface area contributed by atoms with Crippen molar-refractivity contribution >= 4 is 29.2 Å². The molecule has 1 unspecified atom stereocenters. The van der Waals surface area contributed by atoms with Crippen LogP contribution in [0.2, 0.25) is 10.0 Å². The van der Waals surface area contributed by atoms with E-state index < -0.39 is 12.0 Å². The Morgan fingerprint density at radius 3 is 2.60 bits per heavy atom. The molecule has 2 rings (SSSR count). The summed E-state index contributed by atoms with van der Waals surface area (Å²) in [6.45, 7) is 0.366. The molecule has 5 nitrogen and oxygen atoms in total. The minimum Gasteiger partial charge on any atom is -0.480 e. The van der Waals surface area contributed by atoms with Crippen LogP contribution in [0.3, 0.4) is 0 Å². The molecule has 1 aromatic carbocycles. The first-order valence-electron chi connectivity index (χ1n) is 5.93. The van der Waals surface area contributed by atoms with Gasteiger partial charge in [0.2, 0.25) is 0 Å². The molecular formula is C13H13Cl2N3O2. The van der Waals surface area contributed by atoms with E-state index in [1.807, 2.05) is 0 Å². The first kappa shape index (κ1) is 14.8. The van der Waals surface area contributed by atoms with Crippen molar-refractivity contribution in [3.05, 3.63) is 52.0 Å². The van der Waals surface area contributed by atoms with Gasteiger partial charge in [-0.25, -0.2) is 4.98 Å². The van der Waals surface area contributed by atoms with Crippen LogP contribution in [0.25, 0.3) is 0 Å².